The third-order valence-electron chi connectivity index (χ3n) is 2.50. The van der Waals surface area contributed by atoms with Crippen molar-refractivity contribution in [2.75, 3.05) is 0 Å². The molecule has 0 heterocycles. The van der Waals surface area contributed by atoms with Crippen molar-refractivity contribution >= 4 is 15.7 Å². The number of nitrogens with one attached hydrogen (secondary N) is 2. The molecule has 7 nitrogen and oxygen atoms in total. The molecule has 106 valence electrons. The summed E-state index contributed by atoms with van der Waals surface area (Å²) < 4.78 is 23.8. The summed E-state index contributed by atoms with van der Waals surface area (Å²) >= 11 is 0. The van der Waals surface area contributed by atoms with E-state index in [9.17, 15) is 18.5 Å². The summed E-state index contributed by atoms with van der Waals surface area (Å²) in [6.07, 6.45) is 1.74. The molecule has 1 atom stereocenters. The van der Waals surface area contributed by atoms with Gasteiger partial charge in [-0.05, 0) is 19.4 Å². The molecule has 2 N–H and O–H groups in total. The summed E-state index contributed by atoms with van der Waals surface area (Å²) in [6.45, 7) is 3.84. The minimum Gasteiger partial charge on any atom is -0.258 e. The van der Waals surface area contributed by atoms with Crippen molar-refractivity contribution in [1.29, 1.82) is 0 Å². The van der Waals surface area contributed by atoms with E-state index in [0.717, 1.165) is 18.9 Å². The average Bonchev–Trinajstić information content (AvgIpc) is 2.37. The second-order valence-electron chi connectivity index (χ2n) is 4.19. The van der Waals surface area contributed by atoms with E-state index in [1.807, 2.05) is 13.8 Å². The molecule has 0 aromatic heterocycles. The standard InChI is InChI=1S/C11H17N3O4S/c1-3-5-9(2)12-13-19(17,18)11-7-4-6-10(8-11)14(15)16/h4,6-9,12-13H,3,5H2,1-2H3. The number of nitrogens with zero attached hydrogens (tertiary/aromatic N) is 1. The highest BCUT2D eigenvalue weighted by atomic mass is 32.2. The Morgan fingerprint density at radius 3 is 2.68 bits per heavy atom. The van der Waals surface area contributed by atoms with Gasteiger partial charge in [0.2, 0.25) is 0 Å². The summed E-state index contributed by atoms with van der Waals surface area (Å²) in [6, 6.07) is 4.89. The van der Waals surface area contributed by atoms with Crippen LogP contribution in [0.5, 0.6) is 0 Å². The lowest BCUT2D eigenvalue weighted by atomic mass is 10.2. The molecule has 1 unspecified atom stereocenters. The Balaban J connectivity index is 2.83. The highest BCUT2D eigenvalue weighted by Gasteiger charge is 2.17. The van der Waals surface area contributed by atoms with Gasteiger partial charge in [0, 0.05) is 18.2 Å². The van der Waals surface area contributed by atoms with Crippen LogP contribution < -0.4 is 10.3 Å². The lowest BCUT2D eigenvalue weighted by Crippen LogP contribution is -2.42. The van der Waals surface area contributed by atoms with Crippen molar-refractivity contribution in [3.8, 4) is 0 Å². The number of hydrogen-bond donors (Lipinski definition) is 2. The Bertz CT molecular complexity index is 545. The quantitative estimate of drug-likeness (QED) is 0.585. The zero-order valence-electron chi connectivity index (χ0n) is 10.8. The highest BCUT2D eigenvalue weighted by Crippen LogP contribution is 2.16. The first-order valence-electron chi connectivity index (χ1n) is 5.88. The van der Waals surface area contributed by atoms with Crippen LogP contribution in [-0.4, -0.2) is 19.4 Å². The largest absolute Gasteiger partial charge is 0.270 e. The van der Waals surface area contributed by atoms with E-state index in [1.165, 1.54) is 18.2 Å². The van der Waals surface area contributed by atoms with E-state index in [-0.39, 0.29) is 16.6 Å². The van der Waals surface area contributed by atoms with Gasteiger partial charge in [0.15, 0.2) is 0 Å². The monoisotopic (exact) mass is 287 g/mol. The molecular formula is C11H17N3O4S. The number of hydrogen-bond acceptors (Lipinski definition) is 5. The van der Waals surface area contributed by atoms with Crippen LogP contribution in [0, 0.1) is 10.1 Å². The lowest BCUT2D eigenvalue weighted by molar-refractivity contribution is -0.385. The van der Waals surface area contributed by atoms with Crippen LogP contribution in [0.4, 0.5) is 5.69 Å². The van der Waals surface area contributed by atoms with Crippen molar-refractivity contribution in [2.45, 2.75) is 37.6 Å². The number of benzene rings is 1. The van der Waals surface area contributed by atoms with Crippen molar-refractivity contribution in [3.63, 3.8) is 0 Å². The summed E-state index contributed by atoms with van der Waals surface area (Å²) in [5, 5.41) is 10.6. The van der Waals surface area contributed by atoms with Crippen LogP contribution in [0.1, 0.15) is 26.7 Å². The van der Waals surface area contributed by atoms with Gasteiger partial charge in [-0.3, -0.25) is 10.1 Å². The van der Waals surface area contributed by atoms with Crippen molar-refractivity contribution in [3.05, 3.63) is 34.4 Å². The summed E-state index contributed by atoms with van der Waals surface area (Å²) in [4.78, 5) is 12.1. The first-order chi connectivity index (χ1) is 8.86. The van der Waals surface area contributed by atoms with E-state index in [0.29, 0.717) is 0 Å². The zero-order valence-corrected chi connectivity index (χ0v) is 11.6. The number of rotatable bonds is 7. The van der Waals surface area contributed by atoms with Crippen LogP contribution >= 0.6 is 0 Å². The first kappa shape index (κ1) is 15.5. The first-order valence-corrected chi connectivity index (χ1v) is 7.37. The molecule has 19 heavy (non-hydrogen) atoms. The third kappa shape index (κ3) is 4.58. The molecule has 0 aliphatic carbocycles. The van der Waals surface area contributed by atoms with Crippen LogP contribution in [0.2, 0.25) is 0 Å². The van der Waals surface area contributed by atoms with Gasteiger partial charge in [0.25, 0.3) is 15.7 Å². The number of nitro benzene ring substituents is 1. The summed E-state index contributed by atoms with van der Waals surface area (Å²) in [5.41, 5.74) is 2.40. The van der Waals surface area contributed by atoms with Gasteiger partial charge in [0.05, 0.1) is 9.82 Å². The Kier molecular flexibility index (Phi) is 5.40. The fourth-order valence-corrected chi connectivity index (χ4v) is 2.51. The van der Waals surface area contributed by atoms with Gasteiger partial charge in [0.1, 0.15) is 0 Å². The molecule has 0 saturated carbocycles. The van der Waals surface area contributed by atoms with Crippen molar-refractivity contribution < 1.29 is 13.3 Å². The molecule has 0 fully saturated rings. The molecule has 1 aromatic rings. The van der Waals surface area contributed by atoms with E-state index >= 15 is 0 Å². The Labute approximate surface area is 112 Å². The number of nitro groups is 1. The minimum atomic E-state index is -3.80. The number of non-ortho nitro benzene ring substituents is 1. The molecular weight excluding hydrogens is 270 g/mol. The molecule has 1 aromatic carbocycles. The molecule has 8 heteroatoms. The maximum absolute atomic E-state index is 11.9. The maximum atomic E-state index is 11.9. The fraction of sp³-hybridized carbons (Fsp3) is 0.455. The SMILES string of the molecule is CCCC(C)NNS(=O)(=O)c1cccc([N+](=O)[O-])c1. The van der Waals surface area contributed by atoms with Crippen molar-refractivity contribution in [1.82, 2.24) is 10.3 Å². The minimum absolute atomic E-state index is 0.0153. The van der Waals surface area contributed by atoms with Gasteiger partial charge in [-0.15, -0.1) is 4.83 Å². The fourth-order valence-electron chi connectivity index (χ4n) is 1.51. The van der Waals surface area contributed by atoms with E-state index in [2.05, 4.69) is 10.3 Å². The highest BCUT2D eigenvalue weighted by molar-refractivity contribution is 7.89. The van der Waals surface area contributed by atoms with Crippen LogP contribution in [-0.2, 0) is 10.0 Å². The predicted molar refractivity (Wildman–Crippen MR) is 70.9 cm³/mol. The lowest BCUT2D eigenvalue weighted by Gasteiger charge is -2.13. The summed E-state index contributed by atoms with van der Waals surface area (Å²) in [5.74, 6) is 0. The third-order valence-corrected chi connectivity index (χ3v) is 3.76. The van der Waals surface area contributed by atoms with Crippen LogP contribution in [0.25, 0.3) is 0 Å². The maximum Gasteiger partial charge on any atom is 0.270 e. The Morgan fingerprint density at radius 1 is 1.42 bits per heavy atom. The molecule has 0 radical (unpaired) electrons. The molecule has 0 aliphatic heterocycles. The molecule has 1 rings (SSSR count). The van der Waals surface area contributed by atoms with E-state index < -0.39 is 14.9 Å². The Hall–Kier alpha value is -1.51. The van der Waals surface area contributed by atoms with Crippen molar-refractivity contribution in [2.24, 2.45) is 0 Å². The predicted octanol–water partition coefficient (Wildman–Crippen LogP) is 1.57. The molecule has 0 saturated heterocycles. The van der Waals surface area contributed by atoms with Gasteiger partial charge in [-0.2, -0.15) is 0 Å². The average molecular weight is 287 g/mol. The number of sulfonamides is 1. The second-order valence-corrected chi connectivity index (χ2v) is 5.88. The zero-order chi connectivity index (χ0) is 14.5. The smallest absolute Gasteiger partial charge is 0.258 e. The summed E-state index contributed by atoms with van der Waals surface area (Å²) in [7, 11) is -3.80. The van der Waals surface area contributed by atoms with Gasteiger partial charge in [-0.1, -0.05) is 19.4 Å². The topological polar surface area (TPSA) is 101 Å². The van der Waals surface area contributed by atoms with Gasteiger partial charge in [-0.25, -0.2) is 13.8 Å². The van der Waals surface area contributed by atoms with Crippen LogP contribution in [0.15, 0.2) is 29.2 Å². The normalized spacial score (nSPS) is 13.2. The van der Waals surface area contributed by atoms with Gasteiger partial charge < -0.3 is 0 Å². The molecule has 0 aliphatic rings. The van der Waals surface area contributed by atoms with E-state index in [4.69, 9.17) is 0 Å². The van der Waals surface area contributed by atoms with Gasteiger partial charge >= 0.3 is 0 Å². The molecule has 0 bridgehead atoms. The Morgan fingerprint density at radius 2 is 2.11 bits per heavy atom. The molecule has 0 amide bonds. The van der Waals surface area contributed by atoms with Crippen LogP contribution in [0.3, 0.4) is 0 Å². The number of hydrazine groups is 1. The second kappa shape index (κ2) is 6.60. The van der Waals surface area contributed by atoms with E-state index in [1.54, 1.807) is 0 Å². The molecule has 0 spiro atoms.